The van der Waals surface area contributed by atoms with E-state index in [0.29, 0.717) is 17.0 Å². The van der Waals surface area contributed by atoms with Crippen LogP contribution in [0, 0.1) is 5.82 Å². The van der Waals surface area contributed by atoms with Gasteiger partial charge >= 0.3 is 5.97 Å². The maximum atomic E-state index is 14.4. The molecule has 4 rings (SSSR count). The molecule has 0 amide bonds. The van der Waals surface area contributed by atoms with Gasteiger partial charge < -0.3 is 14.4 Å². The minimum absolute atomic E-state index is 0.0659. The van der Waals surface area contributed by atoms with Crippen LogP contribution in [0.1, 0.15) is 35.3 Å². The van der Waals surface area contributed by atoms with Gasteiger partial charge in [-0.2, -0.15) is 5.10 Å². The standard InChI is InChI=1S/C19H19F2N5O3/c1-3-29-19(27)14-9-23-26-5-4-16(24-17(14)26)25-10-12(21)7-15(25)13-6-11(20)8-22-18(13)28-2/h4-6,8-9,12,15H,3,7,10H2,1-2H3/t12-,15+/m0/s1. The Labute approximate surface area is 165 Å². The minimum atomic E-state index is -1.14. The highest BCUT2D eigenvalue weighted by Crippen LogP contribution is 2.40. The van der Waals surface area contributed by atoms with E-state index < -0.39 is 24.0 Å². The number of halogens is 2. The first-order valence-corrected chi connectivity index (χ1v) is 9.13. The highest BCUT2D eigenvalue weighted by Gasteiger charge is 2.36. The Hall–Kier alpha value is -3.30. The van der Waals surface area contributed by atoms with Crippen molar-refractivity contribution in [2.24, 2.45) is 0 Å². The highest BCUT2D eigenvalue weighted by atomic mass is 19.1. The summed E-state index contributed by atoms with van der Waals surface area (Å²) < 4.78 is 39.9. The normalized spacial score (nSPS) is 19.0. The fourth-order valence-electron chi connectivity index (χ4n) is 3.56. The summed E-state index contributed by atoms with van der Waals surface area (Å²) >= 11 is 0. The Balaban J connectivity index is 1.76. The Morgan fingerprint density at radius 2 is 2.21 bits per heavy atom. The van der Waals surface area contributed by atoms with E-state index in [0.717, 1.165) is 6.20 Å². The predicted molar refractivity (Wildman–Crippen MR) is 99.3 cm³/mol. The van der Waals surface area contributed by atoms with Crippen molar-refractivity contribution in [2.75, 3.05) is 25.2 Å². The summed E-state index contributed by atoms with van der Waals surface area (Å²) in [5, 5.41) is 4.10. The van der Waals surface area contributed by atoms with Gasteiger partial charge in [0.15, 0.2) is 5.65 Å². The monoisotopic (exact) mass is 403 g/mol. The van der Waals surface area contributed by atoms with E-state index in [1.807, 2.05) is 0 Å². The van der Waals surface area contributed by atoms with Crippen molar-refractivity contribution in [2.45, 2.75) is 25.6 Å². The van der Waals surface area contributed by atoms with Gasteiger partial charge in [-0.25, -0.2) is 28.1 Å². The van der Waals surface area contributed by atoms with Crippen molar-refractivity contribution in [1.82, 2.24) is 19.6 Å². The summed E-state index contributed by atoms with van der Waals surface area (Å²) in [6.07, 6.45) is 3.06. The fraction of sp³-hybridized carbons (Fsp3) is 0.368. The molecule has 0 aromatic carbocycles. The van der Waals surface area contributed by atoms with E-state index in [9.17, 15) is 13.6 Å². The van der Waals surface area contributed by atoms with Gasteiger partial charge in [-0.1, -0.05) is 0 Å². The lowest BCUT2D eigenvalue weighted by Gasteiger charge is -2.26. The molecular weight excluding hydrogens is 384 g/mol. The second kappa shape index (κ2) is 7.61. The molecule has 2 atom stereocenters. The number of anilines is 1. The van der Waals surface area contributed by atoms with Crippen molar-refractivity contribution < 1.29 is 23.0 Å². The number of methoxy groups -OCH3 is 1. The molecule has 1 fully saturated rings. The van der Waals surface area contributed by atoms with E-state index in [-0.39, 0.29) is 31.0 Å². The van der Waals surface area contributed by atoms with Crippen LogP contribution in [0.2, 0.25) is 0 Å². The van der Waals surface area contributed by atoms with Crippen LogP contribution in [0.25, 0.3) is 5.65 Å². The maximum absolute atomic E-state index is 14.4. The van der Waals surface area contributed by atoms with Crippen molar-refractivity contribution in [3.63, 3.8) is 0 Å². The zero-order chi connectivity index (χ0) is 20.5. The van der Waals surface area contributed by atoms with E-state index >= 15 is 0 Å². The van der Waals surface area contributed by atoms with Crippen LogP contribution in [0.3, 0.4) is 0 Å². The molecule has 0 N–H and O–H groups in total. The topological polar surface area (TPSA) is 81.8 Å². The van der Waals surface area contributed by atoms with Crippen molar-refractivity contribution in [3.8, 4) is 5.88 Å². The number of carbonyl (C=O) groups excluding carboxylic acids is 1. The van der Waals surface area contributed by atoms with Gasteiger partial charge in [0.1, 0.15) is 23.4 Å². The molecule has 0 bridgehead atoms. The summed E-state index contributed by atoms with van der Waals surface area (Å²) in [4.78, 5) is 22.3. The lowest BCUT2D eigenvalue weighted by atomic mass is 10.1. The largest absolute Gasteiger partial charge is 0.481 e. The summed E-state index contributed by atoms with van der Waals surface area (Å²) in [5.41, 5.74) is 0.950. The number of hydrogen-bond donors (Lipinski definition) is 0. The number of hydrogen-bond acceptors (Lipinski definition) is 7. The van der Waals surface area contributed by atoms with Crippen LogP contribution in [0.5, 0.6) is 5.88 Å². The molecule has 0 saturated carbocycles. The number of alkyl halides is 1. The van der Waals surface area contributed by atoms with E-state index in [1.165, 1.54) is 23.9 Å². The summed E-state index contributed by atoms with van der Waals surface area (Å²) in [5.74, 6) is -0.412. The first-order chi connectivity index (χ1) is 14.0. The number of rotatable bonds is 5. The molecule has 0 unspecified atom stereocenters. The molecule has 1 aliphatic rings. The predicted octanol–water partition coefficient (Wildman–Crippen LogP) is 2.74. The molecule has 29 heavy (non-hydrogen) atoms. The Morgan fingerprint density at radius 3 is 2.97 bits per heavy atom. The average Bonchev–Trinajstić information content (AvgIpc) is 3.31. The number of ether oxygens (including phenoxy) is 2. The van der Waals surface area contributed by atoms with Gasteiger partial charge in [0.25, 0.3) is 0 Å². The van der Waals surface area contributed by atoms with Gasteiger partial charge in [0.05, 0.1) is 38.7 Å². The van der Waals surface area contributed by atoms with Crippen molar-refractivity contribution >= 4 is 17.4 Å². The Kier molecular flexibility index (Phi) is 4.99. The number of pyridine rings is 1. The van der Waals surface area contributed by atoms with E-state index in [4.69, 9.17) is 9.47 Å². The molecule has 10 heteroatoms. The van der Waals surface area contributed by atoms with Crippen LogP contribution in [0.15, 0.2) is 30.7 Å². The van der Waals surface area contributed by atoms with Crippen LogP contribution in [-0.4, -0.2) is 52.0 Å². The summed E-state index contributed by atoms with van der Waals surface area (Å²) in [6.45, 7) is 2.00. The molecule has 1 saturated heterocycles. The van der Waals surface area contributed by atoms with Crippen LogP contribution in [0.4, 0.5) is 14.6 Å². The van der Waals surface area contributed by atoms with Gasteiger partial charge in [-0.15, -0.1) is 0 Å². The molecular formula is C19H19F2N5O3. The Bertz CT molecular complexity index is 1060. The summed E-state index contributed by atoms with van der Waals surface area (Å²) in [7, 11) is 1.43. The third-order valence-corrected chi connectivity index (χ3v) is 4.79. The van der Waals surface area contributed by atoms with Gasteiger partial charge in [0, 0.05) is 18.2 Å². The van der Waals surface area contributed by atoms with Gasteiger partial charge in [0.2, 0.25) is 5.88 Å². The zero-order valence-corrected chi connectivity index (χ0v) is 15.9. The molecule has 3 aromatic rings. The van der Waals surface area contributed by atoms with E-state index in [1.54, 1.807) is 24.1 Å². The summed E-state index contributed by atoms with van der Waals surface area (Å²) in [6, 6.07) is 2.44. The average molecular weight is 403 g/mol. The number of carbonyl (C=O) groups is 1. The fourth-order valence-corrected chi connectivity index (χ4v) is 3.56. The lowest BCUT2D eigenvalue weighted by Crippen LogP contribution is -2.25. The number of esters is 1. The molecule has 0 aliphatic carbocycles. The molecule has 8 nitrogen and oxygen atoms in total. The van der Waals surface area contributed by atoms with Gasteiger partial charge in [-0.3, -0.25) is 0 Å². The van der Waals surface area contributed by atoms with Crippen LogP contribution >= 0.6 is 0 Å². The zero-order valence-electron chi connectivity index (χ0n) is 15.9. The quantitative estimate of drug-likeness (QED) is 0.606. The second-order valence-corrected chi connectivity index (χ2v) is 6.59. The molecule has 4 heterocycles. The second-order valence-electron chi connectivity index (χ2n) is 6.59. The van der Waals surface area contributed by atoms with Crippen LogP contribution < -0.4 is 9.64 Å². The van der Waals surface area contributed by atoms with Gasteiger partial charge in [-0.05, 0) is 19.1 Å². The lowest BCUT2D eigenvalue weighted by molar-refractivity contribution is 0.0528. The maximum Gasteiger partial charge on any atom is 0.343 e. The smallest absolute Gasteiger partial charge is 0.343 e. The Morgan fingerprint density at radius 1 is 1.38 bits per heavy atom. The van der Waals surface area contributed by atoms with Crippen LogP contribution in [-0.2, 0) is 4.74 Å². The molecule has 3 aromatic heterocycles. The van der Waals surface area contributed by atoms with E-state index in [2.05, 4.69) is 15.1 Å². The third-order valence-electron chi connectivity index (χ3n) is 4.79. The third kappa shape index (κ3) is 3.45. The van der Waals surface area contributed by atoms with Crippen molar-refractivity contribution in [3.05, 3.63) is 47.7 Å². The number of fused-ring (bicyclic) bond motifs is 1. The first-order valence-electron chi connectivity index (χ1n) is 9.13. The first kappa shape index (κ1) is 19.0. The minimum Gasteiger partial charge on any atom is -0.481 e. The number of aromatic nitrogens is 4. The van der Waals surface area contributed by atoms with Crippen molar-refractivity contribution in [1.29, 1.82) is 0 Å². The molecule has 152 valence electrons. The molecule has 0 radical (unpaired) electrons. The number of nitrogens with zero attached hydrogens (tertiary/aromatic N) is 5. The molecule has 0 spiro atoms. The highest BCUT2D eigenvalue weighted by molar-refractivity contribution is 5.95. The SMILES string of the molecule is CCOC(=O)c1cnn2ccc(N3C[C@@H](F)C[C@@H]3c3cc(F)cnc3OC)nc12. The molecule has 1 aliphatic heterocycles.